The molecule has 2 aromatic carbocycles. The number of fused-ring (bicyclic) bond motifs is 2. The van der Waals surface area contributed by atoms with Crippen LogP contribution in [0.3, 0.4) is 0 Å². The Hall–Kier alpha value is -3.49. The Labute approximate surface area is 301 Å². The molecule has 3 aromatic rings. The third-order valence-corrected chi connectivity index (χ3v) is 9.41. The molecule has 1 aromatic heterocycles. The standard InChI is InChI=1S/C42H64N2O6/c1-12-43(30(7)8)22-14-16-24-48-34-26-36-39(40(45)32(34)20-18-28(3)4)41(46)38-33(21-19-29(5)6)42(47-11)37(27-35(38)50-36)49-25-17-15-23-44(13-2)31(9)10/h18-19,26-27,30-31,45H,12-17,20-25H2,1-11H3. The number of aromatic hydroxyl groups is 1. The molecule has 0 amide bonds. The second-order valence-corrected chi connectivity index (χ2v) is 14.3. The first-order valence-corrected chi connectivity index (χ1v) is 18.7. The van der Waals surface area contributed by atoms with Crippen LogP contribution >= 0.6 is 0 Å². The van der Waals surface area contributed by atoms with Crippen molar-refractivity contribution in [2.45, 2.75) is 120 Å². The zero-order chi connectivity index (χ0) is 37.0. The van der Waals surface area contributed by atoms with Crippen molar-refractivity contribution < 1.29 is 23.7 Å². The zero-order valence-electron chi connectivity index (χ0n) is 32.8. The van der Waals surface area contributed by atoms with Gasteiger partial charge in [-0.1, -0.05) is 37.1 Å². The summed E-state index contributed by atoms with van der Waals surface area (Å²) in [4.78, 5) is 19.3. The van der Waals surface area contributed by atoms with Crippen molar-refractivity contribution >= 4 is 21.9 Å². The van der Waals surface area contributed by atoms with Gasteiger partial charge in [-0.15, -0.1) is 0 Å². The molecule has 0 radical (unpaired) electrons. The largest absolute Gasteiger partial charge is 0.507 e. The lowest BCUT2D eigenvalue weighted by Gasteiger charge is -2.24. The van der Waals surface area contributed by atoms with E-state index in [-0.39, 0.29) is 22.1 Å². The first kappa shape index (κ1) is 40.9. The predicted octanol–water partition coefficient (Wildman–Crippen LogP) is 9.46. The van der Waals surface area contributed by atoms with Crippen molar-refractivity contribution in [1.82, 2.24) is 9.80 Å². The second kappa shape index (κ2) is 19.8. The van der Waals surface area contributed by atoms with Crippen LogP contribution in [0.4, 0.5) is 0 Å². The fourth-order valence-electron chi connectivity index (χ4n) is 6.43. The molecule has 0 saturated carbocycles. The highest BCUT2D eigenvalue weighted by atomic mass is 16.5. The highest BCUT2D eigenvalue weighted by Crippen LogP contribution is 2.41. The maximum absolute atomic E-state index is 14.4. The lowest BCUT2D eigenvalue weighted by molar-refractivity contribution is 0.217. The molecule has 0 fully saturated rings. The van der Waals surface area contributed by atoms with E-state index in [1.807, 2.05) is 33.8 Å². The Balaban J connectivity index is 2.09. The molecule has 8 heteroatoms. The van der Waals surface area contributed by atoms with Crippen LogP contribution in [0, 0.1) is 0 Å². The molecule has 0 atom stereocenters. The summed E-state index contributed by atoms with van der Waals surface area (Å²) < 4.78 is 25.1. The number of hydrogen-bond acceptors (Lipinski definition) is 8. The molecule has 0 unspecified atom stereocenters. The normalized spacial score (nSPS) is 11.7. The Bertz CT molecular complexity index is 1660. The minimum atomic E-state index is -0.299. The summed E-state index contributed by atoms with van der Waals surface area (Å²) in [5, 5.41) is 12.3. The van der Waals surface area contributed by atoms with Gasteiger partial charge in [-0.05, 0) is 120 Å². The fourth-order valence-corrected chi connectivity index (χ4v) is 6.43. The van der Waals surface area contributed by atoms with Crippen molar-refractivity contribution in [2.24, 2.45) is 0 Å². The van der Waals surface area contributed by atoms with Gasteiger partial charge in [0.1, 0.15) is 28.1 Å². The summed E-state index contributed by atoms with van der Waals surface area (Å²) in [6.45, 7) is 26.4. The van der Waals surface area contributed by atoms with Crippen molar-refractivity contribution in [3.8, 4) is 23.0 Å². The summed E-state index contributed by atoms with van der Waals surface area (Å²) in [5.74, 6) is 1.49. The summed E-state index contributed by atoms with van der Waals surface area (Å²) in [5.41, 5.74) is 3.86. The molecular weight excluding hydrogens is 628 g/mol. The van der Waals surface area contributed by atoms with Crippen LogP contribution in [0.25, 0.3) is 21.9 Å². The zero-order valence-corrected chi connectivity index (χ0v) is 32.8. The van der Waals surface area contributed by atoms with E-state index in [9.17, 15) is 9.90 Å². The number of allylic oxidation sites excluding steroid dienone is 4. The molecule has 50 heavy (non-hydrogen) atoms. The van der Waals surface area contributed by atoms with Gasteiger partial charge in [-0.25, -0.2) is 0 Å². The lowest BCUT2D eigenvalue weighted by atomic mass is 9.98. The smallest absolute Gasteiger partial charge is 0.204 e. The molecule has 0 aliphatic carbocycles. The minimum Gasteiger partial charge on any atom is -0.507 e. The molecular formula is C42H64N2O6. The van der Waals surface area contributed by atoms with Crippen molar-refractivity contribution in [3.05, 3.63) is 56.8 Å². The van der Waals surface area contributed by atoms with Crippen LogP contribution < -0.4 is 19.6 Å². The van der Waals surface area contributed by atoms with Crippen LogP contribution in [0.2, 0.25) is 0 Å². The topological polar surface area (TPSA) is 84.6 Å². The molecule has 0 spiro atoms. The van der Waals surface area contributed by atoms with Gasteiger partial charge in [0.25, 0.3) is 0 Å². The van der Waals surface area contributed by atoms with Crippen molar-refractivity contribution in [3.63, 3.8) is 0 Å². The van der Waals surface area contributed by atoms with Gasteiger partial charge >= 0.3 is 0 Å². The summed E-state index contributed by atoms with van der Waals surface area (Å²) in [6.07, 6.45) is 8.75. The van der Waals surface area contributed by atoms with E-state index in [1.54, 1.807) is 19.2 Å². The quantitative estimate of drug-likeness (QED) is 0.0672. The molecule has 8 nitrogen and oxygen atoms in total. The number of benzene rings is 2. The molecule has 3 rings (SSSR count). The number of unbranched alkanes of at least 4 members (excludes halogenated alkanes) is 2. The first-order valence-electron chi connectivity index (χ1n) is 18.7. The Morgan fingerprint density at radius 2 is 1.24 bits per heavy atom. The number of methoxy groups -OCH3 is 1. The first-order chi connectivity index (χ1) is 23.8. The molecule has 0 bridgehead atoms. The van der Waals surface area contributed by atoms with Crippen molar-refractivity contribution in [2.75, 3.05) is 46.5 Å². The maximum Gasteiger partial charge on any atom is 0.204 e. The molecule has 0 aliphatic heterocycles. The summed E-state index contributed by atoms with van der Waals surface area (Å²) in [7, 11) is 1.60. The maximum atomic E-state index is 14.4. The van der Waals surface area contributed by atoms with Crippen LogP contribution in [0.1, 0.15) is 106 Å². The lowest BCUT2D eigenvalue weighted by Crippen LogP contribution is -2.31. The highest BCUT2D eigenvalue weighted by molar-refractivity contribution is 5.98. The fraction of sp³-hybridized carbons (Fsp3) is 0.595. The minimum absolute atomic E-state index is 0.0994. The number of nitrogens with zero attached hydrogens (tertiary/aromatic N) is 2. The molecule has 1 N–H and O–H groups in total. The molecule has 0 aliphatic rings. The third kappa shape index (κ3) is 10.8. The average Bonchev–Trinajstić information content (AvgIpc) is 3.05. The summed E-state index contributed by atoms with van der Waals surface area (Å²) >= 11 is 0. The second-order valence-electron chi connectivity index (χ2n) is 14.3. The van der Waals surface area contributed by atoms with Gasteiger partial charge in [0.05, 0.1) is 25.7 Å². The molecule has 1 heterocycles. The van der Waals surface area contributed by atoms with E-state index < -0.39 is 0 Å². The highest BCUT2D eigenvalue weighted by Gasteiger charge is 2.24. The number of rotatable bonds is 21. The van der Waals surface area contributed by atoms with E-state index in [0.717, 1.165) is 63.0 Å². The third-order valence-electron chi connectivity index (χ3n) is 9.41. The number of phenols is 1. The molecule has 0 saturated heterocycles. The van der Waals surface area contributed by atoms with Crippen LogP contribution in [-0.4, -0.2) is 73.5 Å². The van der Waals surface area contributed by atoms with Gasteiger partial charge in [0.2, 0.25) is 5.43 Å². The summed E-state index contributed by atoms with van der Waals surface area (Å²) in [6, 6.07) is 4.54. The van der Waals surface area contributed by atoms with Gasteiger partial charge < -0.3 is 33.5 Å². The van der Waals surface area contributed by atoms with E-state index >= 15 is 0 Å². The van der Waals surface area contributed by atoms with Crippen LogP contribution in [-0.2, 0) is 12.8 Å². The SMILES string of the molecule is CCN(CCCCOc1cc2oc3cc(OCCCCN(CC)C(C)C)c(OC)c(CC=C(C)C)c3c(=O)c2c(O)c1CC=C(C)C)C(C)C. The van der Waals surface area contributed by atoms with E-state index in [2.05, 4.69) is 57.4 Å². The Morgan fingerprint density at radius 1 is 0.760 bits per heavy atom. The Morgan fingerprint density at radius 3 is 1.72 bits per heavy atom. The number of phenolic OH excluding ortho intramolecular Hbond substituents is 1. The van der Waals surface area contributed by atoms with E-state index in [4.69, 9.17) is 18.6 Å². The van der Waals surface area contributed by atoms with Gasteiger partial charge in [0.15, 0.2) is 11.5 Å². The van der Waals surface area contributed by atoms with Gasteiger partial charge in [-0.2, -0.15) is 0 Å². The number of ether oxygens (including phenoxy) is 3. The van der Waals surface area contributed by atoms with E-state index in [0.29, 0.717) is 77.5 Å². The predicted molar refractivity (Wildman–Crippen MR) is 209 cm³/mol. The monoisotopic (exact) mass is 692 g/mol. The van der Waals surface area contributed by atoms with Crippen LogP contribution in [0.5, 0.6) is 23.0 Å². The van der Waals surface area contributed by atoms with Gasteiger partial charge in [-0.3, -0.25) is 4.79 Å². The van der Waals surface area contributed by atoms with Gasteiger partial charge in [0, 0.05) is 35.3 Å². The van der Waals surface area contributed by atoms with Crippen molar-refractivity contribution in [1.29, 1.82) is 0 Å². The Kier molecular flexibility index (Phi) is 16.2. The van der Waals surface area contributed by atoms with Crippen LogP contribution in [0.15, 0.2) is 44.6 Å². The molecule has 278 valence electrons. The van der Waals surface area contributed by atoms with E-state index in [1.165, 1.54) is 0 Å². The number of hydrogen-bond donors (Lipinski definition) is 1. The average molecular weight is 693 g/mol.